The lowest BCUT2D eigenvalue weighted by atomic mass is 10.1. The zero-order valence-electron chi connectivity index (χ0n) is 11.7. The Labute approximate surface area is 123 Å². The van der Waals surface area contributed by atoms with Gasteiger partial charge in [0.25, 0.3) is 0 Å². The Balaban J connectivity index is 1.90. The van der Waals surface area contributed by atoms with E-state index in [-0.39, 0.29) is 5.91 Å². The number of amides is 1. The zero-order chi connectivity index (χ0) is 14.4. The van der Waals surface area contributed by atoms with Crippen LogP contribution in [-0.4, -0.2) is 29.4 Å². The van der Waals surface area contributed by atoms with Crippen LogP contribution < -0.4 is 4.74 Å². The molecule has 0 atom stereocenters. The minimum absolute atomic E-state index is 0.0874. The maximum absolute atomic E-state index is 12.1. The van der Waals surface area contributed by atoms with E-state index in [0.29, 0.717) is 19.6 Å². The zero-order valence-corrected chi connectivity index (χ0v) is 12.5. The normalized spacial score (nSPS) is 10.3. The van der Waals surface area contributed by atoms with Gasteiger partial charge in [0.05, 0.1) is 19.6 Å². The topological polar surface area (TPSA) is 42.4 Å². The summed E-state index contributed by atoms with van der Waals surface area (Å²) in [4.78, 5) is 18.0. The third-order valence-corrected chi connectivity index (χ3v) is 3.64. The van der Waals surface area contributed by atoms with Gasteiger partial charge in [-0.1, -0.05) is 12.1 Å². The largest absolute Gasteiger partial charge is 0.494 e. The quantitative estimate of drug-likeness (QED) is 0.821. The molecule has 0 aliphatic rings. The van der Waals surface area contributed by atoms with Gasteiger partial charge in [0, 0.05) is 18.6 Å². The molecule has 5 heteroatoms. The van der Waals surface area contributed by atoms with Crippen molar-refractivity contribution in [2.45, 2.75) is 19.9 Å². The van der Waals surface area contributed by atoms with Crippen LogP contribution in [0.3, 0.4) is 0 Å². The van der Waals surface area contributed by atoms with E-state index in [1.54, 1.807) is 29.5 Å². The summed E-state index contributed by atoms with van der Waals surface area (Å²) in [6.45, 7) is 3.16. The van der Waals surface area contributed by atoms with Crippen molar-refractivity contribution in [1.29, 1.82) is 0 Å². The predicted molar refractivity (Wildman–Crippen MR) is 79.9 cm³/mol. The van der Waals surface area contributed by atoms with E-state index >= 15 is 0 Å². The van der Waals surface area contributed by atoms with Gasteiger partial charge in [-0.15, -0.1) is 11.3 Å². The third-order valence-electron chi connectivity index (χ3n) is 2.87. The number of carbonyl (C=O) groups is 1. The van der Waals surface area contributed by atoms with Crippen molar-refractivity contribution < 1.29 is 9.53 Å². The Kier molecular flexibility index (Phi) is 5.12. The molecule has 1 amide bonds. The van der Waals surface area contributed by atoms with E-state index in [9.17, 15) is 4.79 Å². The summed E-state index contributed by atoms with van der Waals surface area (Å²) < 4.78 is 5.38. The highest BCUT2D eigenvalue weighted by atomic mass is 32.1. The van der Waals surface area contributed by atoms with Crippen LogP contribution in [0.1, 0.15) is 17.5 Å². The Morgan fingerprint density at radius 3 is 2.70 bits per heavy atom. The van der Waals surface area contributed by atoms with Crippen LogP contribution in [0, 0.1) is 0 Å². The molecule has 0 saturated carbocycles. The fourth-order valence-electron chi connectivity index (χ4n) is 1.80. The lowest BCUT2D eigenvalue weighted by Gasteiger charge is -2.15. The molecule has 1 heterocycles. The lowest BCUT2D eigenvalue weighted by Crippen LogP contribution is -2.27. The number of hydrogen-bond donors (Lipinski definition) is 0. The van der Waals surface area contributed by atoms with E-state index in [0.717, 1.165) is 16.3 Å². The first-order valence-corrected chi connectivity index (χ1v) is 7.41. The average molecular weight is 290 g/mol. The van der Waals surface area contributed by atoms with Gasteiger partial charge in [-0.25, -0.2) is 4.98 Å². The number of benzene rings is 1. The molecular formula is C15H18N2O2S. The Bertz CT molecular complexity index is 538. The Morgan fingerprint density at radius 2 is 2.10 bits per heavy atom. The summed E-state index contributed by atoms with van der Waals surface area (Å²) in [5.41, 5.74) is 0.990. The first kappa shape index (κ1) is 14.5. The molecule has 1 aromatic heterocycles. The number of hydrogen-bond acceptors (Lipinski definition) is 4. The molecule has 0 aliphatic heterocycles. The molecule has 20 heavy (non-hydrogen) atoms. The molecule has 2 rings (SSSR count). The fourth-order valence-corrected chi connectivity index (χ4v) is 2.47. The molecule has 0 saturated heterocycles. The van der Waals surface area contributed by atoms with Gasteiger partial charge >= 0.3 is 0 Å². The summed E-state index contributed by atoms with van der Waals surface area (Å²) in [7, 11) is 1.80. The molecular weight excluding hydrogens is 272 g/mol. The van der Waals surface area contributed by atoms with Crippen molar-refractivity contribution in [1.82, 2.24) is 9.88 Å². The van der Waals surface area contributed by atoms with Crippen LogP contribution in [0.5, 0.6) is 5.75 Å². The van der Waals surface area contributed by atoms with Crippen molar-refractivity contribution >= 4 is 17.2 Å². The number of aromatic nitrogens is 1. The first-order chi connectivity index (χ1) is 9.69. The minimum Gasteiger partial charge on any atom is -0.494 e. The highest BCUT2D eigenvalue weighted by Gasteiger charge is 2.11. The molecule has 0 bridgehead atoms. The smallest absolute Gasteiger partial charge is 0.227 e. The number of ether oxygens (including phenoxy) is 1. The molecule has 0 unspecified atom stereocenters. The molecule has 4 nitrogen and oxygen atoms in total. The molecule has 0 N–H and O–H groups in total. The lowest BCUT2D eigenvalue weighted by molar-refractivity contribution is -0.129. The molecule has 0 radical (unpaired) electrons. The SMILES string of the molecule is CCOc1ccc(CC(=O)N(C)Cc2nccs2)cc1. The summed E-state index contributed by atoms with van der Waals surface area (Å²) in [6, 6.07) is 7.65. The summed E-state index contributed by atoms with van der Waals surface area (Å²) in [5.74, 6) is 0.921. The maximum atomic E-state index is 12.1. The molecule has 106 valence electrons. The van der Waals surface area contributed by atoms with Crippen molar-refractivity contribution in [3.8, 4) is 5.75 Å². The van der Waals surface area contributed by atoms with E-state index in [1.165, 1.54) is 0 Å². The van der Waals surface area contributed by atoms with Crippen molar-refractivity contribution in [2.75, 3.05) is 13.7 Å². The third kappa shape index (κ3) is 4.06. The summed E-state index contributed by atoms with van der Waals surface area (Å²) in [5, 5.41) is 2.87. The van der Waals surface area contributed by atoms with Crippen LogP contribution >= 0.6 is 11.3 Å². The van der Waals surface area contributed by atoms with Crippen molar-refractivity contribution in [3.05, 3.63) is 46.4 Å². The highest BCUT2D eigenvalue weighted by molar-refractivity contribution is 7.09. The second-order valence-corrected chi connectivity index (χ2v) is 5.41. The van der Waals surface area contributed by atoms with E-state index < -0.39 is 0 Å². The Morgan fingerprint density at radius 1 is 1.35 bits per heavy atom. The van der Waals surface area contributed by atoms with Crippen LogP contribution in [0.15, 0.2) is 35.8 Å². The maximum Gasteiger partial charge on any atom is 0.227 e. The van der Waals surface area contributed by atoms with Gasteiger partial charge in [-0.05, 0) is 24.6 Å². The van der Waals surface area contributed by atoms with E-state index in [2.05, 4.69) is 4.98 Å². The van der Waals surface area contributed by atoms with Gasteiger partial charge < -0.3 is 9.64 Å². The molecule has 1 aromatic carbocycles. The van der Waals surface area contributed by atoms with Gasteiger partial charge in [0.1, 0.15) is 10.8 Å². The average Bonchev–Trinajstić information content (AvgIpc) is 2.94. The standard InChI is InChI=1S/C15H18N2O2S/c1-3-19-13-6-4-12(5-7-13)10-15(18)17(2)11-14-16-8-9-20-14/h4-9H,3,10-11H2,1-2H3. The van der Waals surface area contributed by atoms with Gasteiger partial charge in [-0.2, -0.15) is 0 Å². The fraction of sp³-hybridized carbons (Fsp3) is 0.333. The number of rotatable bonds is 6. The monoisotopic (exact) mass is 290 g/mol. The van der Waals surface area contributed by atoms with Crippen molar-refractivity contribution in [2.24, 2.45) is 0 Å². The van der Waals surface area contributed by atoms with Gasteiger partial charge in [0.2, 0.25) is 5.91 Å². The number of thiazole rings is 1. The molecule has 0 fully saturated rings. The molecule has 0 aliphatic carbocycles. The number of carbonyl (C=O) groups excluding carboxylic acids is 1. The highest BCUT2D eigenvalue weighted by Crippen LogP contribution is 2.14. The summed E-state index contributed by atoms with van der Waals surface area (Å²) >= 11 is 1.56. The Hall–Kier alpha value is -1.88. The van der Waals surface area contributed by atoms with Crippen LogP contribution in [0.2, 0.25) is 0 Å². The molecule has 0 spiro atoms. The predicted octanol–water partition coefficient (Wildman–Crippen LogP) is 2.74. The van der Waals surface area contributed by atoms with E-state index in [1.807, 2.05) is 36.6 Å². The van der Waals surface area contributed by atoms with Gasteiger partial charge in [-0.3, -0.25) is 4.79 Å². The number of likely N-dealkylation sites (N-methyl/N-ethyl adjacent to an activating group) is 1. The van der Waals surface area contributed by atoms with Gasteiger partial charge in [0.15, 0.2) is 0 Å². The van der Waals surface area contributed by atoms with Crippen LogP contribution in [0.4, 0.5) is 0 Å². The van der Waals surface area contributed by atoms with Crippen LogP contribution in [0.25, 0.3) is 0 Å². The second kappa shape index (κ2) is 7.05. The van der Waals surface area contributed by atoms with Crippen LogP contribution in [-0.2, 0) is 17.8 Å². The molecule has 2 aromatic rings. The van der Waals surface area contributed by atoms with E-state index in [4.69, 9.17) is 4.74 Å². The first-order valence-electron chi connectivity index (χ1n) is 6.53. The van der Waals surface area contributed by atoms with Crippen molar-refractivity contribution in [3.63, 3.8) is 0 Å². The second-order valence-electron chi connectivity index (χ2n) is 4.43. The minimum atomic E-state index is 0.0874. The summed E-state index contributed by atoms with van der Waals surface area (Å²) in [6.07, 6.45) is 2.15. The number of nitrogens with zero attached hydrogens (tertiary/aromatic N) is 2.